The highest BCUT2D eigenvalue weighted by Gasteiger charge is 2.16. The highest BCUT2D eigenvalue weighted by Crippen LogP contribution is 1.99. The van der Waals surface area contributed by atoms with Gasteiger partial charge in [-0.2, -0.15) is 0 Å². The zero-order valence-corrected chi connectivity index (χ0v) is 10.7. The summed E-state index contributed by atoms with van der Waals surface area (Å²) < 4.78 is 0. The van der Waals surface area contributed by atoms with Crippen LogP contribution in [0.4, 0.5) is 0 Å². The van der Waals surface area contributed by atoms with Gasteiger partial charge in [-0.1, -0.05) is 13.8 Å². The highest BCUT2D eigenvalue weighted by molar-refractivity contribution is 5.80. The van der Waals surface area contributed by atoms with Gasteiger partial charge in [0.05, 0.1) is 5.92 Å². The van der Waals surface area contributed by atoms with Gasteiger partial charge in [0.25, 0.3) is 0 Å². The molecule has 5 heteroatoms. The van der Waals surface area contributed by atoms with Crippen molar-refractivity contribution in [3.63, 3.8) is 0 Å². The molecule has 5 nitrogen and oxygen atoms in total. The molecule has 0 fully saturated rings. The van der Waals surface area contributed by atoms with Crippen molar-refractivity contribution >= 4 is 11.8 Å². The average molecular weight is 229 g/mol. The minimum atomic E-state index is -0.168. The van der Waals surface area contributed by atoms with Gasteiger partial charge in [-0.15, -0.1) is 0 Å². The zero-order chi connectivity index (χ0) is 12.6. The lowest BCUT2D eigenvalue weighted by molar-refractivity contribution is -0.131. The van der Waals surface area contributed by atoms with Gasteiger partial charge in [0.1, 0.15) is 0 Å². The molecule has 0 aliphatic rings. The minimum Gasteiger partial charge on any atom is -0.359 e. The van der Waals surface area contributed by atoms with Crippen LogP contribution in [0.3, 0.4) is 0 Å². The van der Waals surface area contributed by atoms with Crippen LogP contribution in [0.5, 0.6) is 0 Å². The molecular weight excluding hydrogens is 206 g/mol. The molecule has 2 N–H and O–H groups in total. The van der Waals surface area contributed by atoms with Crippen LogP contribution in [-0.2, 0) is 9.59 Å². The van der Waals surface area contributed by atoms with E-state index in [1.54, 1.807) is 19.0 Å². The number of hydrogen-bond acceptors (Lipinski definition) is 3. The molecule has 0 heterocycles. The van der Waals surface area contributed by atoms with Gasteiger partial charge in [-0.05, 0) is 6.54 Å². The standard InChI is InChI=1S/C11H23N3O2/c1-5-13-7-6-10(15)14(4)8-9(2)11(16)12-3/h9,13H,5-8H2,1-4H3,(H,12,16). The van der Waals surface area contributed by atoms with E-state index in [2.05, 4.69) is 10.6 Å². The quantitative estimate of drug-likeness (QED) is 0.596. The van der Waals surface area contributed by atoms with Crippen LogP contribution >= 0.6 is 0 Å². The van der Waals surface area contributed by atoms with Gasteiger partial charge in [0.2, 0.25) is 11.8 Å². The number of nitrogens with zero attached hydrogens (tertiary/aromatic N) is 1. The Morgan fingerprint density at radius 1 is 1.38 bits per heavy atom. The number of carbonyl (C=O) groups excluding carboxylic acids is 2. The SMILES string of the molecule is CCNCCC(=O)N(C)CC(C)C(=O)NC. The molecule has 0 aromatic heterocycles. The van der Waals surface area contributed by atoms with Crippen molar-refractivity contribution in [2.75, 3.05) is 33.7 Å². The summed E-state index contributed by atoms with van der Waals surface area (Å²) in [5.74, 6) is -0.138. The molecule has 0 saturated heterocycles. The Morgan fingerprint density at radius 2 is 2.00 bits per heavy atom. The van der Waals surface area contributed by atoms with Crippen LogP contribution in [0, 0.1) is 5.92 Å². The summed E-state index contributed by atoms with van der Waals surface area (Å²) in [6.07, 6.45) is 0.477. The summed E-state index contributed by atoms with van der Waals surface area (Å²) >= 11 is 0. The Morgan fingerprint density at radius 3 is 2.50 bits per heavy atom. The largest absolute Gasteiger partial charge is 0.359 e. The van der Waals surface area contributed by atoms with Crippen LogP contribution in [0.1, 0.15) is 20.3 Å². The number of carbonyl (C=O) groups is 2. The van der Waals surface area contributed by atoms with Crippen molar-refractivity contribution < 1.29 is 9.59 Å². The van der Waals surface area contributed by atoms with E-state index < -0.39 is 0 Å². The molecule has 1 atom stereocenters. The van der Waals surface area contributed by atoms with Crippen LogP contribution in [0.25, 0.3) is 0 Å². The fourth-order valence-corrected chi connectivity index (χ4v) is 1.40. The second-order valence-electron chi connectivity index (χ2n) is 3.89. The molecule has 0 spiro atoms. The molecule has 0 aliphatic heterocycles. The lowest BCUT2D eigenvalue weighted by Gasteiger charge is -2.20. The van der Waals surface area contributed by atoms with Crippen molar-refractivity contribution in [3.05, 3.63) is 0 Å². The number of hydrogen-bond donors (Lipinski definition) is 2. The molecule has 94 valence electrons. The van der Waals surface area contributed by atoms with Gasteiger partial charge in [0.15, 0.2) is 0 Å². The molecule has 0 aliphatic carbocycles. The zero-order valence-electron chi connectivity index (χ0n) is 10.7. The summed E-state index contributed by atoms with van der Waals surface area (Å²) in [5.41, 5.74) is 0. The van der Waals surface area contributed by atoms with Crippen LogP contribution < -0.4 is 10.6 Å². The third kappa shape index (κ3) is 5.70. The number of rotatable bonds is 7. The fraction of sp³-hybridized carbons (Fsp3) is 0.818. The van der Waals surface area contributed by atoms with E-state index in [-0.39, 0.29) is 17.7 Å². The third-order valence-corrected chi connectivity index (χ3v) is 2.43. The maximum atomic E-state index is 11.6. The van der Waals surface area contributed by atoms with Gasteiger partial charge < -0.3 is 15.5 Å². The van der Waals surface area contributed by atoms with Gasteiger partial charge in [-0.25, -0.2) is 0 Å². The summed E-state index contributed by atoms with van der Waals surface area (Å²) in [6, 6.07) is 0. The predicted molar refractivity (Wildman–Crippen MR) is 64.0 cm³/mol. The van der Waals surface area contributed by atoms with Crippen LogP contribution in [-0.4, -0.2) is 50.4 Å². The molecule has 16 heavy (non-hydrogen) atoms. The van der Waals surface area contributed by atoms with Crippen LogP contribution in [0.15, 0.2) is 0 Å². The van der Waals surface area contributed by atoms with E-state index >= 15 is 0 Å². The van der Waals surface area contributed by atoms with Crippen molar-refractivity contribution in [3.8, 4) is 0 Å². The average Bonchev–Trinajstić information content (AvgIpc) is 2.27. The maximum Gasteiger partial charge on any atom is 0.224 e. The predicted octanol–water partition coefficient (Wildman–Crippen LogP) is -0.173. The lowest BCUT2D eigenvalue weighted by Crippen LogP contribution is -2.38. The summed E-state index contributed by atoms with van der Waals surface area (Å²) in [6.45, 7) is 5.83. The molecule has 0 rings (SSSR count). The van der Waals surface area contributed by atoms with Crippen molar-refractivity contribution in [1.29, 1.82) is 0 Å². The van der Waals surface area contributed by atoms with Crippen LogP contribution in [0.2, 0.25) is 0 Å². The molecule has 0 aromatic rings. The molecule has 0 bridgehead atoms. The third-order valence-electron chi connectivity index (χ3n) is 2.43. The van der Waals surface area contributed by atoms with E-state index in [0.717, 1.165) is 6.54 Å². The molecule has 0 aromatic carbocycles. The monoisotopic (exact) mass is 229 g/mol. The highest BCUT2D eigenvalue weighted by atomic mass is 16.2. The molecule has 0 saturated carbocycles. The lowest BCUT2D eigenvalue weighted by atomic mass is 10.1. The maximum absolute atomic E-state index is 11.6. The normalized spacial score (nSPS) is 12.0. The summed E-state index contributed by atoms with van der Waals surface area (Å²) in [5, 5.41) is 5.67. The Labute approximate surface area is 97.6 Å². The minimum absolute atomic E-state index is 0.0358. The molecule has 0 radical (unpaired) electrons. The number of nitrogens with one attached hydrogen (secondary N) is 2. The van der Waals surface area contributed by atoms with Gasteiger partial charge in [-0.3, -0.25) is 9.59 Å². The number of amides is 2. The smallest absolute Gasteiger partial charge is 0.224 e. The second-order valence-corrected chi connectivity index (χ2v) is 3.89. The molecular formula is C11H23N3O2. The van der Waals surface area contributed by atoms with E-state index in [4.69, 9.17) is 0 Å². The van der Waals surface area contributed by atoms with E-state index in [9.17, 15) is 9.59 Å². The first-order valence-corrected chi connectivity index (χ1v) is 5.69. The Hall–Kier alpha value is -1.10. The second kappa shape index (κ2) is 8.10. The van der Waals surface area contributed by atoms with E-state index in [1.807, 2.05) is 13.8 Å². The van der Waals surface area contributed by atoms with Gasteiger partial charge >= 0.3 is 0 Å². The van der Waals surface area contributed by atoms with Crippen molar-refractivity contribution in [2.45, 2.75) is 20.3 Å². The molecule has 2 amide bonds. The fourth-order valence-electron chi connectivity index (χ4n) is 1.40. The Balaban J connectivity index is 3.90. The van der Waals surface area contributed by atoms with Gasteiger partial charge in [0, 0.05) is 33.6 Å². The first-order valence-electron chi connectivity index (χ1n) is 5.69. The summed E-state index contributed by atoms with van der Waals surface area (Å²) in [7, 11) is 3.33. The van der Waals surface area contributed by atoms with E-state index in [0.29, 0.717) is 19.5 Å². The van der Waals surface area contributed by atoms with Crippen molar-refractivity contribution in [2.24, 2.45) is 5.92 Å². The topological polar surface area (TPSA) is 61.4 Å². The summed E-state index contributed by atoms with van der Waals surface area (Å²) in [4.78, 5) is 24.5. The Kier molecular flexibility index (Phi) is 7.54. The van der Waals surface area contributed by atoms with E-state index in [1.165, 1.54) is 0 Å². The Bertz CT molecular complexity index is 231. The first-order chi connectivity index (χ1) is 7.52. The molecule has 1 unspecified atom stereocenters. The van der Waals surface area contributed by atoms with Crippen molar-refractivity contribution in [1.82, 2.24) is 15.5 Å². The first kappa shape index (κ1) is 14.9.